The molecule has 0 saturated carbocycles. The highest BCUT2D eigenvalue weighted by Crippen LogP contribution is 2.41. The Balaban J connectivity index is 2.59. The second kappa shape index (κ2) is 1.66. The molecule has 1 rings (SSSR count). The summed E-state index contributed by atoms with van der Waals surface area (Å²) in [4.78, 5) is 0. The maximum Gasteiger partial charge on any atom is 0.255 e. The first-order chi connectivity index (χ1) is 3.96. The maximum atomic E-state index is 12.5. The van der Waals surface area contributed by atoms with Crippen LogP contribution in [0.3, 0.4) is 0 Å². The van der Waals surface area contributed by atoms with E-state index in [2.05, 4.69) is 4.74 Å². The Kier molecular flexibility index (Phi) is 1.28. The van der Waals surface area contributed by atoms with Crippen molar-refractivity contribution in [1.82, 2.24) is 0 Å². The van der Waals surface area contributed by atoms with Gasteiger partial charge in [-0.2, -0.15) is 0 Å². The summed E-state index contributed by atoms with van der Waals surface area (Å²) < 4.78 is 29.6. The summed E-state index contributed by atoms with van der Waals surface area (Å²) in [5.74, 6) is -2.59. The lowest BCUT2D eigenvalue weighted by Gasteiger charge is -2.42. The zero-order valence-electron chi connectivity index (χ0n) is 5.58. The van der Waals surface area contributed by atoms with Crippen LogP contribution in [-0.2, 0) is 4.74 Å². The van der Waals surface area contributed by atoms with Crippen LogP contribution < -0.4 is 0 Å². The predicted octanol–water partition coefficient (Wildman–Crippen LogP) is 1.68. The van der Waals surface area contributed by atoms with E-state index in [9.17, 15) is 8.78 Å². The van der Waals surface area contributed by atoms with Gasteiger partial charge in [0.2, 0.25) is 0 Å². The van der Waals surface area contributed by atoms with Gasteiger partial charge in [0.05, 0.1) is 18.6 Å². The minimum absolute atomic E-state index is 0.191. The van der Waals surface area contributed by atoms with Crippen molar-refractivity contribution in [3.63, 3.8) is 0 Å². The molecule has 0 aromatic carbocycles. The van der Waals surface area contributed by atoms with Crippen LogP contribution in [0.5, 0.6) is 0 Å². The molecular weight excluding hydrogens is 126 g/mol. The van der Waals surface area contributed by atoms with E-state index in [1.54, 1.807) is 0 Å². The molecular formula is C6H10F2O. The molecule has 1 heterocycles. The highest BCUT2D eigenvalue weighted by molar-refractivity contribution is 4.90. The Labute approximate surface area is 53.0 Å². The molecule has 1 aliphatic rings. The van der Waals surface area contributed by atoms with E-state index in [4.69, 9.17) is 0 Å². The van der Waals surface area contributed by atoms with Crippen molar-refractivity contribution in [3.8, 4) is 0 Å². The smallest absolute Gasteiger partial charge is 0.255 e. The molecule has 1 nitrogen and oxygen atoms in total. The summed E-state index contributed by atoms with van der Waals surface area (Å²) in [5, 5.41) is 0. The second-order valence-corrected chi connectivity index (χ2v) is 2.94. The fourth-order valence-electron chi connectivity index (χ4n) is 0.662. The van der Waals surface area contributed by atoms with Crippen LogP contribution in [0.25, 0.3) is 0 Å². The van der Waals surface area contributed by atoms with Crippen LogP contribution in [0.15, 0.2) is 0 Å². The minimum Gasteiger partial charge on any atom is -0.380 e. The van der Waals surface area contributed by atoms with Gasteiger partial charge in [-0.25, -0.2) is 8.78 Å². The van der Waals surface area contributed by atoms with E-state index < -0.39 is 11.3 Å². The van der Waals surface area contributed by atoms with Gasteiger partial charge in [0.25, 0.3) is 5.92 Å². The predicted molar refractivity (Wildman–Crippen MR) is 29.5 cm³/mol. The van der Waals surface area contributed by atoms with E-state index in [1.165, 1.54) is 6.92 Å². The first kappa shape index (κ1) is 6.93. The summed E-state index contributed by atoms with van der Waals surface area (Å²) in [6.07, 6.45) is 0. The molecule has 0 aliphatic carbocycles. The highest BCUT2D eigenvalue weighted by Gasteiger charge is 2.51. The van der Waals surface area contributed by atoms with Gasteiger partial charge >= 0.3 is 0 Å². The van der Waals surface area contributed by atoms with Crippen molar-refractivity contribution in [2.24, 2.45) is 5.41 Å². The number of ether oxygens (including phenoxy) is 1. The molecule has 0 unspecified atom stereocenters. The highest BCUT2D eigenvalue weighted by atomic mass is 19.3. The first-order valence-electron chi connectivity index (χ1n) is 2.91. The van der Waals surface area contributed by atoms with Crippen LogP contribution in [0.2, 0.25) is 0 Å². The summed E-state index contributed by atoms with van der Waals surface area (Å²) >= 11 is 0. The van der Waals surface area contributed by atoms with Gasteiger partial charge in [0.15, 0.2) is 0 Å². The molecule has 1 saturated heterocycles. The van der Waals surface area contributed by atoms with Crippen molar-refractivity contribution in [1.29, 1.82) is 0 Å². The largest absolute Gasteiger partial charge is 0.380 e. The van der Waals surface area contributed by atoms with Crippen LogP contribution in [0.1, 0.15) is 13.8 Å². The monoisotopic (exact) mass is 136 g/mol. The molecule has 3 heteroatoms. The van der Waals surface area contributed by atoms with Gasteiger partial charge in [0.1, 0.15) is 0 Å². The molecule has 0 aromatic rings. The van der Waals surface area contributed by atoms with Crippen molar-refractivity contribution in [2.75, 3.05) is 13.2 Å². The average molecular weight is 136 g/mol. The molecule has 1 fully saturated rings. The summed E-state index contributed by atoms with van der Waals surface area (Å²) in [7, 11) is 0. The normalized spacial score (nSPS) is 25.3. The van der Waals surface area contributed by atoms with Gasteiger partial charge in [-0.3, -0.25) is 0 Å². The third kappa shape index (κ3) is 0.936. The Morgan fingerprint density at radius 1 is 1.44 bits per heavy atom. The van der Waals surface area contributed by atoms with Gasteiger partial charge in [-0.15, -0.1) is 0 Å². The molecule has 0 bridgehead atoms. The maximum absolute atomic E-state index is 12.5. The minimum atomic E-state index is -2.59. The Hall–Kier alpha value is -0.180. The summed E-state index contributed by atoms with van der Waals surface area (Å²) in [6.45, 7) is 2.86. The van der Waals surface area contributed by atoms with E-state index in [0.29, 0.717) is 0 Å². The summed E-state index contributed by atoms with van der Waals surface area (Å²) in [6, 6.07) is 0. The molecule has 0 radical (unpaired) electrons. The molecule has 0 atom stereocenters. The zero-order chi connectivity index (χ0) is 7.12. The van der Waals surface area contributed by atoms with E-state index >= 15 is 0 Å². The number of rotatable bonds is 1. The van der Waals surface area contributed by atoms with Crippen molar-refractivity contribution in [3.05, 3.63) is 0 Å². The van der Waals surface area contributed by atoms with E-state index in [0.717, 1.165) is 6.92 Å². The SMILES string of the molecule is CC(F)(F)C1(C)COC1. The third-order valence-corrected chi connectivity index (χ3v) is 1.90. The number of hydrogen-bond donors (Lipinski definition) is 0. The molecule has 0 aromatic heterocycles. The quantitative estimate of drug-likeness (QED) is 0.533. The van der Waals surface area contributed by atoms with Crippen LogP contribution in [-0.4, -0.2) is 19.1 Å². The molecule has 1 aliphatic heterocycles. The molecule has 0 amide bonds. The van der Waals surface area contributed by atoms with Gasteiger partial charge in [-0.1, -0.05) is 0 Å². The molecule has 9 heavy (non-hydrogen) atoms. The number of halogens is 2. The lowest BCUT2D eigenvalue weighted by atomic mass is 9.82. The number of alkyl halides is 2. The molecule has 54 valence electrons. The number of hydrogen-bond acceptors (Lipinski definition) is 1. The standard InChI is InChI=1S/C6H10F2O/c1-5(3-9-4-5)6(2,7)8/h3-4H2,1-2H3. The zero-order valence-corrected chi connectivity index (χ0v) is 5.58. The van der Waals surface area contributed by atoms with Crippen molar-refractivity contribution < 1.29 is 13.5 Å². The van der Waals surface area contributed by atoms with Crippen LogP contribution in [0, 0.1) is 5.41 Å². The first-order valence-corrected chi connectivity index (χ1v) is 2.91. The van der Waals surface area contributed by atoms with Crippen LogP contribution in [0.4, 0.5) is 8.78 Å². The molecule has 0 N–H and O–H groups in total. The second-order valence-electron chi connectivity index (χ2n) is 2.94. The van der Waals surface area contributed by atoms with Gasteiger partial charge < -0.3 is 4.74 Å². The lowest BCUT2D eigenvalue weighted by Crippen LogP contribution is -2.51. The lowest BCUT2D eigenvalue weighted by molar-refractivity contribution is -0.224. The topological polar surface area (TPSA) is 9.23 Å². The van der Waals surface area contributed by atoms with Gasteiger partial charge in [0, 0.05) is 6.92 Å². The van der Waals surface area contributed by atoms with E-state index in [1.807, 2.05) is 0 Å². The van der Waals surface area contributed by atoms with Gasteiger partial charge in [-0.05, 0) is 6.92 Å². The summed E-state index contributed by atoms with van der Waals surface area (Å²) in [5.41, 5.74) is -0.896. The Morgan fingerprint density at radius 3 is 1.89 bits per heavy atom. The van der Waals surface area contributed by atoms with Crippen molar-refractivity contribution >= 4 is 0 Å². The third-order valence-electron chi connectivity index (χ3n) is 1.90. The fourth-order valence-corrected chi connectivity index (χ4v) is 0.662. The fraction of sp³-hybridized carbons (Fsp3) is 1.00. The van der Waals surface area contributed by atoms with Crippen LogP contribution >= 0.6 is 0 Å². The van der Waals surface area contributed by atoms with Crippen molar-refractivity contribution in [2.45, 2.75) is 19.8 Å². The van der Waals surface area contributed by atoms with E-state index in [-0.39, 0.29) is 13.2 Å². The average Bonchev–Trinajstić information content (AvgIpc) is 1.57. The Morgan fingerprint density at radius 2 is 1.89 bits per heavy atom. The Bertz CT molecular complexity index is 113. The molecule has 0 spiro atoms.